The van der Waals surface area contributed by atoms with E-state index in [0.29, 0.717) is 5.28 Å². The number of aromatic nitrogens is 2. The molecule has 3 heterocycles. The summed E-state index contributed by atoms with van der Waals surface area (Å²) >= 11 is 7.77. The number of hydrogen-bond acceptors (Lipinski definition) is 4. The average Bonchev–Trinajstić information content (AvgIpc) is 3.16. The first kappa shape index (κ1) is 14.0. The molecule has 0 bridgehead atoms. The van der Waals surface area contributed by atoms with Crippen LogP contribution in [0, 0.1) is 6.92 Å². The van der Waals surface area contributed by atoms with Crippen molar-refractivity contribution in [3.05, 3.63) is 40.5 Å². The van der Waals surface area contributed by atoms with Crippen molar-refractivity contribution in [2.24, 2.45) is 0 Å². The number of benzene rings is 1. The van der Waals surface area contributed by atoms with Gasteiger partial charge in [0.25, 0.3) is 0 Å². The van der Waals surface area contributed by atoms with Gasteiger partial charge in [0, 0.05) is 24.0 Å². The minimum atomic E-state index is 0.340. The highest BCUT2D eigenvalue weighted by molar-refractivity contribution is 7.17. The second kappa shape index (κ2) is 5.52. The minimum absolute atomic E-state index is 0.340. The van der Waals surface area contributed by atoms with E-state index in [0.717, 1.165) is 29.1 Å². The van der Waals surface area contributed by atoms with Gasteiger partial charge in [0.05, 0.1) is 5.39 Å². The lowest BCUT2D eigenvalue weighted by atomic mass is 10.0. The van der Waals surface area contributed by atoms with Crippen LogP contribution in [0.1, 0.15) is 18.4 Å². The maximum atomic E-state index is 6.14. The Balaban J connectivity index is 1.94. The average molecular weight is 330 g/mol. The number of rotatable bonds is 2. The van der Waals surface area contributed by atoms with Crippen molar-refractivity contribution in [1.82, 2.24) is 9.97 Å². The number of thiophene rings is 1. The molecule has 0 aliphatic carbocycles. The van der Waals surface area contributed by atoms with E-state index in [1.54, 1.807) is 11.3 Å². The molecule has 0 atom stereocenters. The summed E-state index contributed by atoms with van der Waals surface area (Å²) in [5.74, 6) is 0.990. The standard InChI is InChI=1S/C17H16ClN3S/c1-11-4-6-12(7-5-11)13-10-22-16-14(13)15(19-17(18)20-16)21-8-2-3-9-21/h4-7,10H,2-3,8-9H2,1H3. The quantitative estimate of drug-likeness (QED) is 0.625. The largest absolute Gasteiger partial charge is 0.356 e. The Morgan fingerprint density at radius 1 is 1.09 bits per heavy atom. The molecule has 0 amide bonds. The molecule has 1 aliphatic rings. The third-order valence-electron chi connectivity index (χ3n) is 4.16. The van der Waals surface area contributed by atoms with Gasteiger partial charge in [0.2, 0.25) is 5.28 Å². The molecule has 1 saturated heterocycles. The highest BCUT2D eigenvalue weighted by Gasteiger charge is 2.21. The number of halogens is 1. The van der Waals surface area contributed by atoms with Gasteiger partial charge in [-0.05, 0) is 36.9 Å². The number of nitrogens with zero attached hydrogens (tertiary/aromatic N) is 3. The molecule has 0 N–H and O–H groups in total. The van der Waals surface area contributed by atoms with Crippen molar-refractivity contribution in [2.45, 2.75) is 19.8 Å². The first-order chi connectivity index (χ1) is 10.7. The van der Waals surface area contributed by atoms with Crippen molar-refractivity contribution in [2.75, 3.05) is 18.0 Å². The van der Waals surface area contributed by atoms with Crippen LogP contribution in [0.5, 0.6) is 0 Å². The van der Waals surface area contributed by atoms with Crippen LogP contribution in [-0.2, 0) is 0 Å². The lowest BCUT2D eigenvalue weighted by Gasteiger charge is -2.18. The van der Waals surface area contributed by atoms with Crippen molar-refractivity contribution in [3.63, 3.8) is 0 Å². The molecule has 5 heteroatoms. The highest BCUT2D eigenvalue weighted by Crippen LogP contribution is 2.39. The second-order valence-electron chi connectivity index (χ2n) is 5.71. The summed E-state index contributed by atoms with van der Waals surface area (Å²) in [5.41, 5.74) is 3.68. The predicted molar refractivity (Wildman–Crippen MR) is 94.0 cm³/mol. The molecule has 0 unspecified atom stereocenters. The summed E-state index contributed by atoms with van der Waals surface area (Å²) in [5, 5.41) is 3.65. The van der Waals surface area contributed by atoms with Crippen LogP contribution in [0.3, 0.4) is 0 Å². The van der Waals surface area contributed by atoms with E-state index < -0.39 is 0 Å². The summed E-state index contributed by atoms with van der Waals surface area (Å²) in [6, 6.07) is 8.62. The van der Waals surface area contributed by atoms with Crippen LogP contribution in [0.15, 0.2) is 29.6 Å². The Hall–Kier alpha value is -1.65. The van der Waals surface area contributed by atoms with E-state index >= 15 is 0 Å². The SMILES string of the molecule is Cc1ccc(-c2csc3nc(Cl)nc(N4CCCC4)c23)cc1. The summed E-state index contributed by atoms with van der Waals surface area (Å²) in [6.07, 6.45) is 2.43. The number of hydrogen-bond donors (Lipinski definition) is 0. The van der Waals surface area contributed by atoms with Crippen molar-refractivity contribution < 1.29 is 0 Å². The van der Waals surface area contributed by atoms with E-state index in [1.807, 2.05) is 0 Å². The molecule has 112 valence electrons. The lowest BCUT2D eigenvalue weighted by molar-refractivity contribution is 0.940. The van der Waals surface area contributed by atoms with Gasteiger partial charge >= 0.3 is 0 Å². The van der Waals surface area contributed by atoms with E-state index in [2.05, 4.69) is 51.4 Å². The van der Waals surface area contributed by atoms with Crippen LogP contribution >= 0.6 is 22.9 Å². The van der Waals surface area contributed by atoms with Crippen LogP contribution in [0.2, 0.25) is 5.28 Å². The van der Waals surface area contributed by atoms with Crippen LogP contribution < -0.4 is 4.90 Å². The monoisotopic (exact) mass is 329 g/mol. The fourth-order valence-corrected chi connectivity index (χ4v) is 4.16. The van der Waals surface area contributed by atoms with Crippen LogP contribution in [-0.4, -0.2) is 23.1 Å². The third kappa shape index (κ3) is 2.36. The van der Waals surface area contributed by atoms with Crippen molar-refractivity contribution in [1.29, 1.82) is 0 Å². The molecule has 3 aromatic rings. The molecule has 1 fully saturated rings. The number of anilines is 1. The van der Waals surface area contributed by atoms with E-state index in [9.17, 15) is 0 Å². The Kier molecular flexibility index (Phi) is 3.51. The van der Waals surface area contributed by atoms with Crippen LogP contribution in [0.25, 0.3) is 21.3 Å². The molecular weight excluding hydrogens is 314 g/mol. The molecule has 3 nitrogen and oxygen atoms in total. The lowest BCUT2D eigenvalue weighted by Crippen LogP contribution is -2.19. The summed E-state index contributed by atoms with van der Waals surface area (Å²) in [7, 11) is 0. The summed E-state index contributed by atoms with van der Waals surface area (Å²) < 4.78 is 0. The predicted octanol–water partition coefficient (Wildman–Crippen LogP) is 4.92. The fourth-order valence-electron chi connectivity index (χ4n) is 3.00. The minimum Gasteiger partial charge on any atom is -0.356 e. The van der Waals surface area contributed by atoms with Gasteiger partial charge in [-0.1, -0.05) is 29.8 Å². The smallest absolute Gasteiger partial charge is 0.225 e. The van der Waals surface area contributed by atoms with Gasteiger partial charge in [-0.2, -0.15) is 4.98 Å². The molecule has 0 spiro atoms. The first-order valence-electron chi connectivity index (χ1n) is 7.49. The molecule has 22 heavy (non-hydrogen) atoms. The Morgan fingerprint density at radius 2 is 1.82 bits per heavy atom. The molecule has 0 saturated carbocycles. The van der Waals surface area contributed by atoms with E-state index in [1.165, 1.54) is 29.5 Å². The van der Waals surface area contributed by atoms with Gasteiger partial charge in [-0.25, -0.2) is 4.98 Å². The summed E-state index contributed by atoms with van der Waals surface area (Å²) in [4.78, 5) is 12.3. The first-order valence-corrected chi connectivity index (χ1v) is 8.75. The zero-order valence-corrected chi connectivity index (χ0v) is 13.9. The van der Waals surface area contributed by atoms with Gasteiger partial charge in [-0.3, -0.25) is 0 Å². The normalized spacial score (nSPS) is 14.9. The Labute approximate surface area is 138 Å². The third-order valence-corrected chi connectivity index (χ3v) is 5.20. The van der Waals surface area contributed by atoms with Gasteiger partial charge < -0.3 is 4.90 Å². The fraction of sp³-hybridized carbons (Fsp3) is 0.294. The van der Waals surface area contributed by atoms with Gasteiger partial charge in [-0.15, -0.1) is 11.3 Å². The second-order valence-corrected chi connectivity index (χ2v) is 6.90. The molecule has 2 aromatic heterocycles. The van der Waals surface area contributed by atoms with Crippen molar-refractivity contribution in [3.8, 4) is 11.1 Å². The van der Waals surface area contributed by atoms with E-state index in [4.69, 9.17) is 11.6 Å². The zero-order valence-electron chi connectivity index (χ0n) is 12.3. The molecular formula is C17H16ClN3S. The topological polar surface area (TPSA) is 29.0 Å². The maximum absolute atomic E-state index is 6.14. The number of fused-ring (bicyclic) bond motifs is 1. The summed E-state index contributed by atoms with van der Waals surface area (Å²) in [6.45, 7) is 4.20. The van der Waals surface area contributed by atoms with E-state index in [-0.39, 0.29) is 0 Å². The number of aryl methyl sites for hydroxylation is 1. The molecule has 1 aromatic carbocycles. The molecule has 4 rings (SSSR count). The molecule has 1 aliphatic heterocycles. The van der Waals surface area contributed by atoms with Crippen molar-refractivity contribution >= 4 is 39.0 Å². The van der Waals surface area contributed by atoms with Crippen LogP contribution in [0.4, 0.5) is 5.82 Å². The maximum Gasteiger partial charge on any atom is 0.225 e. The Bertz CT molecular complexity index is 820. The van der Waals surface area contributed by atoms with Gasteiger partial charge in [0.15, 0.2) is 0 Å². The highest BCUT2D eigenvalue weighted by atomic mass is 35.5. The Morgan fingerprint density at radius 3 is 2.55 bits per heavy atom. The van der Waals surface area contributed by atoms with Gasteiger partial charge in [0.1, 0.15) is 10.6 Å². The zero-order chi connectivity index (χ0) is 15.1. The molecule has 0 radical (unpaired) electrons.